The molecular formula is C7H14N2O. The largest absolute Gasteiger partial charge is 0.359 e. The minimum Gasteiger partial charge on any atom is -0.359 e. The second-order valence-electron chi connectivity index (χ2n) is 3.07. The van der Waals surface area contributed by atoms with Crippen molar-refractivity contribution in [3.05, 3.63) is 0 Å². The zero-order chi connectivity index (χ0) is 7.61. The molecule has 0 saturated heterocycles. The van der Waals surface area contributed by atoms with Crippen molar-refractivity contribution in [1.82, 2.24) is 5.32 Å². The van der Waals surface area contributed by atoms with E-state index in [0.717, 1.165) is 12.8 Å². The van der Waals surface area contributed by atoms with E-state index in [1.807, 2.05) is 0 Å². The minimum atomic E-state index is -0.167. The van der Waals surface area contributed by atoms with Gasteiger partial charge in [-0.2, -0.15) is 0 Å². The number of amides is 1. The van der Waals surface area contributed by atoms with E-state index >= 15 is 0 Å². The lowest BCUT2D eigenvalue weighted by atomic mass is 9.75. The Labute approximate surface area is 61.0 Å². The van der Waals surface area contributed by atoms with Crippen molar-refractivity contribution >= 4 is 5.91 Å². The highest BCUT2D eigenvalue weighted by molar-refractivity contribution is 5.76. The van der Waals surface area contributed by atoms with E-state index in [4.69, 9.17) is 5.73 Å². The Morgan fingerprint density at radius 2 is 2.30 bits per heavy atom. The normalized spacial score (nSPS) is 21.4. The van der Waals surface area contributed by atoms with Gasteiger partial charge in [0.2, 0.25) is 5.91 Å². The Hall–Kier alpha value is -0.570. The number of carbonyl (C=O) groups excluding carboxylic acids is 1. The quantitative estimate of drug-likeness (QED) is 0.570. The first-order valence-corrected chi connectivity index (χ1v) is 3.66. The predicted molar refractivity (Wildman–Crippen MR) is 39.5 cm³/mol. The molecule has 0 radical (unpaired) electrons. The SMILES string of the molecule is CNC(=O)CC1(N)CCC1. The van der Waals surface area contributed by atoms with Crippen LogP contribution >= 0.6 is 0 Å². The Morgan fingerprint density at radius 1 is 1.70 bits per heavy atom. The molecule has 1 rings (SSSR count). The lowest BCUT2D eigenvalue weighted by Crippen LogP contribution is -2.49. The van der Waals surface area contributed by atoms with Crippen molar-refractivity contribution in [2.45, 2.75) is 31.2 Å². The maximum absolute atomic E-state index is 10.8. The molecule has 0 spiro atoms. The first kappa shape index (κ1) is 7.54. The summed E-state index contributed by atoms with van der Waals surface area (Å²) in [5.74, 6) is 0.0576. The first-order chi connectivity index (χ1) is 4.66. The highest BCUT2D eigenvalue weighted by Gasteiger charge is 2.34. The fourth-order valence-corrected chi connectivity index (χ4v) is 1.22. The molecule has 1 aliphatic carbocycles. The fourth-order valence-electron chi connectivity index (χ4n) is 1.22. The van der Waals surface area contributed by atoms with Gasteiger partial charge in [0.25, 0.3) is 0 Å². The van der Waals surface area contributed by atoms with Gasteiger partial charge in [-0.05, 0) is 19.3 Å². The van der Waals surface area contributed by atoms with Crippen molar-refractivity contribution in [3.63, 3.8) is 0 Å². The van der Waals surface area contributed by atoms with Crippen LogP contribution in [-0.4, -0.2) is 18.5 Å². The third-order valence-electron chi connectivity index (χ3n) is 2.14. The molecule has 3 N–H and O–H groups in total. The third-order valence-corrected chi connectivity index (χ3v) is 2.14. The molecule has 0 atom stereocenters. The maximum atomic E-state index is 10.8. The summed E-state index contributed by atoms with van der Waals surface area (Å²) in [7, 11) is 1.64. The van der Waals surface area contributed by atoms with Gasteiger partial charge in [0, 0.05) is 19.0 Å². The van der Waals surface area contributed by atoms with E-state index in [1.54, 1.807) is 7.05 Å². The summed E-state index contributed by atoms with van der Waals surface area (Å²) < 4.78 is 0. The van der Waals surface area contributed by atoms with Crippen molar-refractivity contribution in [1.29, 1.82) is 0 Å². The summed E-state index contributed by atoms with van der Waals surface area (Å²) in [5, 5.41) is 2.57. The summed E-state index contributed by atoms with van der Waals surface area (Å²) in [6.07, 6.45) is 3.66. The van der Waals surface area contributed by atoms with E-state index in [1.165, 1.54) is 6.42 Å². The van der Waals surface area contributed by atoms with Crippen LogP contribution in [0.15, 0.2) is 0 Å². The van der Waals surface area contributed by atoms with Crippen LogP contribution in [0.25, 0.3) is 0 Å². The molecule has 10 heavy (non-hydrogen) atoms. The monoisotopic (exact) mass is 142 g/mol. The molecule has 3 heteroatoms. The molecule has 3 nitrogen and oxygen atoms in total. The summed E-state index contributed by atoms with van der Waals surface area (Å²) in [6.45, 7) is 0. The van der Waals surface area contributed by atoms with Gasteiger partial charge in [-0.3, -0.25) is 4.79 Å². The number of nitrogens with one attached hydrogen (secondary N) is 1. The molecule has 0 aromatic carbocycles. The zero-order valence-electron chi connectivity index (χ0n) is 6.31. The number of rotatable bonds is 2. The Balaban J connectivity index is 2.29. The summed E-state index contributed by atoms with van der Waals surface area (Å²) in [4.78, 5) is 10.8. The molecule has 0 aromatic heterocycles. The van der Waals surface area contributed by atoms with Crippen molar-refractivity contribution in [2.75, 3.05) is 7.05 Å². The fraction of sp³-hybridized carbons (Fsp3) is 0.857. The van der Waals surface area contributed by atoms with E-state index in [2.05, 4.69) is 5.32 Å². The van der Waals surface area contributed by atoms with Gasteiger partial charge >= 0.3 is 0 Å². The molecule has 0 aliphatic heterocycles. The highest BCUT2D eigenvalue weighted by Crippen LogP contribution is 2.31. The number of carbonyl (C=O) groups is 1. The van der Waals surface area contributed by atoms with Crippen LogP contribution in [0.2, 0.25) is 0 Å². The Kier molecular flexibility index (Phi) is 1.94. The van der Waals surface area contributed by atoms with Crippen LogP contribution in [0.5, 0.6) is 0 Å². The number of nitrogens with two attached hydrogens (primary N) is 1. The van der Waals surface area contributed by atoms with Crippen LogP contribution < -0.4 is 11.1 Å². The van der Waals surface area contributed by atoms with Crippen LogP contribution in [-0.2, 0) is 4.79 Å². The molecule has 1 fully saturated rings. The lowest BCUT2D eigenvalue weighted by molar-refractivity contribution is -0.122. The zero-order valence-corrected chi connectivity index (χ0v) is 6.31. The van der Waals surface area contributed by atoms with Gasteiger partial charge in [-0.1, -0.05) is 0 Å². The lowest BCUT2D eigenvalue weighted by Gasteiger charge is -2.37. The van der Waals surface area contributed by atoms with Gasteiger partial charge < -0.3 is 11.1 Å². The summed E-state index contributed by atoms with van der Waals surface area (Å²) >= 11 is 0. The molecule has 0 heterocycles. The second-order valence-corrected chi connectivity index (χ2v) is 3.07. The van der Waals surface area contributed by atoms with Gasteiger partial charge in [-0.25, -0.2) is 0 Å². The Bertz CT molecular complexity index is 141. The average molecular weight is 142 g/mol. The van der Waals surface area contributed by atoms with Crippen molar-refractivity contribution < 1.29 is 4.79 Å². The van der Waals surface area contributed by atoms with Crippen LogP contribution in [0.3, 0.4) is 0 Å². The molecular weight excluding hydrogens is 128 g/mol. The van der Waals surface area contributed by atoms with E-state index in [9.17, 15) is 4.79 Å². The molecule has 1 saturated carbocycles. The third kappa shape index (κ3) is 1.48. The van der Waals surface area contributed by atoms with Gasteiger partial charge in [0.15, 0.2) is 0 Å². The average Bonchev–Trinajstić information content (AvgIpc) is 1.84. The van der Waals surface area contributed by atoms with Gasteiger partial charge in [0.1, 0.15) is 0 Å². The highest BCUT2D eigenvalue weighted by atomic mass is 16.1. The van der Waals surface area contributed by atoms with Crippen molar-refractivity contribution in [2.24, 2.45) is 5.73 Å². The Morgan fingerprint density at radius 3 is 2.60 bits per heavy atom. The molecule has 58 valence electrons. The molecule has 0 unspecified atom stereocenters. The molecule has 0 bridgehead atoms. The number of hydrogen-bond acceptors (Lipinski definition) is 2. The minimum absolute atomic E-state index is 0.0576. The smallest absolute Gasteiger partial charge is 0.221 e. The van der Waals surface area contributed by atoms with Crippen LogP contribution in [0.1, 0.15) is 25.7 Å². The maximum Gasteiger partial charge on any atom is 0.221 e. The van der Waals surface area contributed by atoms with E-state index in [0.29, 0.717) is 6.42 Å². The second kappa shape index (κ2) is 2.58. The molecule has 1 amide bonds. The van der Waals surface area contributed by atoms with E-state index < -0.39 is 0 Å². The summed E-state index contributed by atoms with van der Waals surface area (Å²) in [5.41, 5.74) is 5.65. The predicted octanol–water partition coefficient (Wildman–Crippen LogP) is 0.00390. The number of hydrogen-bond donors (Lipinski definition) is 2. The molecule has 0 aromatic rings. The first-order valence-electron chi connectivity index (χ1n) is 3.66. The van der Waals surface area contributed by atoms with E-state index in [-0.39, 0.29) is 11.4 Å². The standard InChI is InChI=1S/C7H14N2O/c1-9-6(10)5-7(8)3-2-4-7/h2-5,8H2,1H3,(H,9,10). The van der Waals surface area contributed by atoms with Crippen molar-refractivity contribution in [3.8, 4) is 0 Å². The summed E-state index contributed by atoms with van der Waals surface area (Å²) in [6, 6.07) is 0. The topological polar surface area (TPSA) is 55.1 Å². The van der Waals surface area contributed by atoms with Crippen LogP contribution in [0, 0.1) is 0 Å². The van der Waals surface area contributed by atoms with Crippen LogP contribution in [0.4, 0.5) is 0 Å². The van der Waals surface area contributed by atoms with Gasteiger partial charge in [0.05, 0.1) is 0 Å². The molecule has 1 aliphatic rings. The van der Waals surface area contributed by atoms with Gasteiger partial charge in [-0.15, -0.1) is 0 Å².